The Hall–Kier alpha value is -2.75. The van der Waals surface area contributed by atoms with Crippen LogP contribution in [0.1, 0.15) is 22.3 Å². The number of hydrogen-bond donors (Lipinski definition) is 1. The molecule has 0 aliphatic carbocycles. The first kappa shape index (κ1) is 16.1. The number of ether oxygens (including phenoxy) is 1. The van der Waals surface area contributed by atoms with Gasteiger partial charge in [0.25, 0.3) is 5.91 Å². The number of nitrogens with zero attached hydrogens (tertiary/aromatic N) is 1. The Morgan fingerprint density at radius 3 is 2.83 bits per heavy atom. The van der Waals surface area contributed by atoms with Gasteiger partial charge in [-0.2, -0.15) is 0 Å². The van der Waals surface area contributed by atoms with Gasteiger partial charge in [0.15, 0.2) is 0 Å². The zero-order valence-corrected chi connectivity index (χ0v) is 14.1. The lowest BCUT2D eigenvalue weighted by molar-refractivity contribution is 0.0953. The van der Waals surface area contributed by atoms with Gasteiger partial charge in [-0.25, -0.2) is 0 Å². The number of hydrogen-bond acceptors (Lipinski definition) is 2. The third kappa shape index (κ3) is 3.59. The predicted octanol–water partition coefficient (Wildman–Crippen LogP) is 3.69. The molecular formula is C20H22N2O2. The van der Waals surface area contributed by atoms with E-state index in [4.69, 9.17) is 4.74 Å². The van der Waals surface area contributed by atoms with E-state index in [1.54, 1.807) is 0 Å². The van der Waals surface area contributed by atoms with Crippen molar-refractivity contribution in [1.29, 1.82) is 0 Å². The molecule has 0 atom stereocenters. The summed E-state index contributed by atoms with van der Waals surface area (Å²) in [6.45, 7) is 3.21. The molecule has 0 unspecified atom stereocenters. The number of para-hydroxylation sites is 1. The highest BCUT2D eigenvalue weighted by atomic mass is 16.5. The smallest absolute Gasteiger partial charge is 0.253 e. The topological polar surface area (TPSA) is 43.3 Å². The highest BCUT2D eigenvalue weighted by molar-refractivity contribution is 6.06. The average molecular weight is 322 g/mol. The molecular weight excluding hydrogens is 300 g/mol. The van der Waals surface area contributed by atoms with Crippen LogP contribution in [0.5, 0.6) is 5.75 Å². The Labute approximate surface area is 142 Å². The molecule has 1 aromatic heterocycles. The van der Waals surface area contributed by atoms with Gasteiger partial charge in [0.05, 0.1) is 12.2 Å². The third-order valence-corrected chi connectivity index (χ3v) is 4.01. The zero-order valence-electron chi connectivity index (χ0n) is 14.1. The molecule has 0 spiro atoms. The molecule has 1 heterocycles. The fraction of sp³-hybridized carbons (Fsp3) is 0.250. The van der Waals surface area contributed by atoms with Crippen molar-refractivity contribution in [3.05, 3.63) is 65.9 Å². The van der Waals surface area contributed by atoms with E-state index in [2.05, 4.69) is 5.32 Å². The number of carbonyl (C=O) groups is 1. The summed E-state index contributed by atoms with van der Waals surface area (Å²) in [4.78, 5) is 12.4. The van der Waals surface area contributed by atoms with Gasteiger partial charge in [0, 0.05) is 30.7 Å². The first-order valence-corrected chi connectivity index (χ1v) is 8.17. The number of carbonyl (C=O) groups excluding carboxylic acids is 1. The summed E-state index contributed by atoms with van der Waals surface area (Å²) >= 11 is 0. The minimum atomic E-state index is -0.0395. The molecule has 0 radical (unpaired) electrons. The number of fused-ring (bicyclic) bond motifs is 1. The van der Waals surface area contributed by atoms with Crippen LogP contribution in [0.25, 0.3) is 10.9 Å². The summed E-state index contributed by atoms with van der Waals surface area (Å²) in [6, 6.07) is 15.9. The van der Waals surface area contributed by atoms with Gasteiger partial charge in [-0.3, -0.25) is 4.79 Å². The molecule has 24 heavy (non-hydrogen) atoms. The minimum absolute atomic E-state index is 0.0395. The van der Waals surface area contributed by atoms with E-state index in [9.17, 15) is 4.79 Å². The monoisotopic (exact) mass is 322 g/mol. The van der Waals surface area contributed by atoms with Crippen LogP contribution in [0.15, 0.2) is 54.7 Å². The molecule has 0 aliphatic heterocycles. The predicted molar refractivity (Wildman–Crippen MR) is 96.5 cm³/mol. The van der Waals surface area contributed by atoms with E-state index >= 15 is 0 Å². The maximum atomic E-state index is 12.4. The lowest BCUT2D eigenvalue weighted by Crippen LogP contribution is -2.25. The Morgan fingerprint density at radius 2 is 2.00 bits per heavy atom. The van der Waals surface area contributed by atoms with E-state index in [1.165, 1.54) is 5.56 Å². The minimum Gasteiger partial charge on any atom is -0.494 e. The molecule has 0 fully saturated rings. The van der Waals surface area contributed by atoms with Crippen molar-refractivity contribution < 1.29 is 9.53 Å². The molecule has 0 aliphatic rings. The van der Waals surface area contributed by atoms with Crippen molar-refractivity contribution in [2.24, 2.45) is 7.05 Å². The summed E-state index contributed by atoms with van der Waals surface area (Å²) in [5.74, 6) is 0.831. The van der Waals surface area contributed by atoms with E-state index in [-0.39, 0.29) is 5.91 Å². The van der Waals surface area contributed by atoms with E-state index in [0.717, 1.165) is 23.1 Å². The Bertz CT molecular complexity index is 852. The Kier molecular flexibility index (Phi) is 4.85. The first-order chi connectivity index (χ1) is 11.6. The lowest BCUT2D eigenvalue weighted by Gasteiger charge is -2.07. The van der Waals surface area contributed by atoms with Gasteiger partial charge in [0.2, 0.25) is 0 Å². The molecule has 1 amide bonds. The van der Waals surface area contributed by atoms with Crippen LogP contribution in [0.2, 0.25) is 0 Å². The molecule has 0 saturated heterocycles. The summed E-state index contributed by atoms with van der Waals surface area (Å²) in [7, 11) is 1.95. The SMILES string of the molecule is Cc1cccc(OCCCNC(=O)c2cn(C)c3ccccc23)c1. The maximum absolute atomic E-state index is 12.4. The number of amides is 1. The van der Waals surface area contributed by atoms with Crippen molar-refractivity contribution in [2.45, 2.75) is 13.3 Å². The summed E-state index contributed by atoms with van der Waals surface area (Å²) in [5.41, 5.74) is 2.95. The van der Waals surface area contributed by atoms with Crippen molar-refractivity contribution >= 4 is 16.8 Å². The second kappa shape index (κ2) is 7.21. The number of aromatic nitrogens is 1. The number of rotatable bonds is 6. The van der Waals surface area contributed by atoms with Crippen molar-refractivity contribution in [2.75, 3.05) is 13.2 Å². The van der Waals surface area contributed by atoms with Crippen LogP contribution in [0, 0.1) is 6.92 Å². The van der Waals surface area contributed by atoms with Gasteiger partial charge >= 0.3 is 0 Å². The first-order valence-electron chi connectivity index (χ1n) is 8.17. The van der Waals surface area contributed by atoms with Crippen molar-refractivity contribution in [3.8, 4) is 5.75 Å². The number of nitrogens with one attached hydrogen (secondary N) is 1. The van der Waals surface area contributed by atoms with Gasteiger partial charge in [-0.05, 0) is 37.1 Å². The van der Waals surface area contributed by atoms with Gasteiger partial charge in [-0.15, -0.1) is 0 Å². The Morgan fingerprint density at radius 1 is 1.17 bits per heavy atom. The summed E-state index contributed by atoms with van der Waals surface area (Å²) in [5, 5.41) is 3.95. The van der Waals surface area contributed by atoms with E-state index in [0.29, 0.717) is 18.7 Å². The van der Waals surface area contributed by atoms with Crippen LogP contribution in [0.4, 0.5) is 0 Å². The van der Waals surface area contributed by atoms with Gasteiger partial charge in [0.1, 0.15) is 5.75 Å². The Balaban J connectivity index is 1.50. The second-order valence-electron chi connectivity index (χ2n) is 5.95. The largest absolute Gasteiger partial charge is 0.494 e. The highest BCUT2D eigenvalue weighted by Crippen LogP contribution is 2.20. The third-order valence-electron chi connectivity index (χ3n) is 4.01. The van der Waals surface area contributed by atoms with Crippen LogP contribution < -0.4 is 10.1 Å². The summed E-state index contributed by atoms with van der Waals surface area (Å²) in [6.07, 6.45) is 2.65. The molecule has 124 valence electrons. The second-order valence-corrected chi connectivity index (χ2v) is 5.95. The molecule has 4 nitrogen and oxygen atoms in total. The summed E-state index contributed by atoms with van der Waals surface area (Å²) < 4.78 is 7.67. The van der Waals surface area contributed by atoms with E-state index < -0.39 is 0 Å². The van der Waals surface area contributed by atoms with Crippen LogP contribution >= 0.6 is 0 Å². The van der Waals surface area contributed by atoms with Crippen LogP contribution in [0.3, 0.4) is 0 Å². The van der Waals surface area contributed by atoms with Gasteiger partial charge in [-0.1, -0.05) is 30.3 Å². The fourth-order valence-electron chi connectivity index (χ4n) is 2.79. The molecule has 3 rings (SSSR count). The molecule has 0 bridgehead atoms. The van der Waals surface area contributed by atoms with Crippen LogP contribution in [-0.2, 0) is 7.05 Å². The molecule has 1 N–H and O–H groups in total. The van der Waals surface area contributed by atoms with Crippen LogP contribution in [-0.4, -0.2) is 23.6 Å². The maximum Gasteiger partial charge on any atom is 0.253 e. The standard InChI is InChI=1S/C20H22N2O2/c1-15-7-5-8-16(13-15)24-12-6-11-21-20(23)18-14-22(2)19-10-4-3-9-17(18)19/h3-5,7-10,13-14H,6,11-12H2,1-2H3,(H,21,23). The zero-order chi connectivity index (χ0) is 16.9. The van der Waals surface area contributed by atoms with Crippen molar-refractivity contribution in [3.63, 3.8) is 0 Å². The molecule has 3 aromatic rings. The molecule has 2 aromatic carbocycles. The number of benzene rings is 2. The average Bonchev–Trinajstić information content (AvgIpc) is 2.92. The van der Waals surface area contributed by atoms with Crippen molar-refractivity contribution in [1.82, 2.24) is 9.88 Å². The lowest BCUT2D eigenvalue weighted by atomic mass is 10.1. The van der Waals surface area contributed by atoms with E-state index in [1.807, 2.05) is 73.3 Å². The normalized spacial score (nSPS) is 10.8. The van der Waals surface area contributed by atoms with Gasteiger partial charge < -0.3 is 14.6 Å². The quantitative estimate of drug-likeness (QED) is 0.703. The number of aryl methyl sites for hydroxylation is 2. The molecule has 4 heteroatoms. The fourth-order valence-corrected chi connectivity index (χ4v) is 2.79. The molecule has 0 saturated carbocycles. The highest BCUT2D eigenvalue weighted by Gasteiger charge is 2.12.